The van der Waals surface area contributed by atoms with E-state index < -0.39 is 0 Å². The highest BCUT2D eigenvalue weighted by molar-refractivity contribution is 9.10. The Bertz CT molecular complexity index is 595. The zero-order valence-electron chi connectivity index (χ0n) is 11.0. The van der Waals surface area contributed by atoms with E-state index in [1.54, 1.807) is 6.07 Å². The van der Waals surface area contributed by atoms with Gasteiger partial charge in [0.15, 0.2) is 0 Å². The molecular formula is C16H16BrFN2. The van der Waals surface area contributed by atoms with E-state index in [9.17, 15) is 4.39 Å². The largest absolute Gasteiger partial charge is 0.375 e. The highest BCUT2D eigenvalue weighted by Crippen LogP contribution is 2.32. The summed E-state index contributed by atoms with van der Waals surface area (Å²) in [7, 11) is 0. The zero-order valence-corrected chi connectivity index (χ0v) is 12.6. The second kappa shape index (κ2) is 5.94. The summed E-state index contributed by atoms with van der Waals surface area (Å²) in [6.45, 7) is 1.78. The van der Waals surface area contributed by atoms with E-state index in [1.807, 2.05) is 18.2 Å². The van der Waals surface area contributed by atoms with Crippen LogP contribution in [0, 0.1) is 5.82 Å². The second-order valence-electron chi connectivity index (χ2n) is 4.96. The molecule has 0 aliphatic carbocycles. The molecule has 0 bridgehead atoms. The van der Waals surface area contributed by atoms with Crippen LogP contribution in [-0.4, -0.2) is 6.54 Å². The molecule has 2 nitrogen and oxygen atoms in total. The molecule has 1 unspecified atom stereocenters. The van der Waals surface area contributed by atoms with Gasteiger partial charge in [-0.3, -0.25) is 0 Å². The van der Waals surface area contributed by atoms with E-state index in [0.29, 0.717) is 5.69 Å². The summed E-state index contributed by atoms with van der Waals surface area (Å²) in [5.41, 5.74) is 3.05. The van der Waals surface area contributed by atoms with Gasteiger partial charge in [0.2, 0.25) is 0 Å². The molecule has 0 amide bonds. The predicted octanol–water partition coefficient (Wildman–Crippen LogP) is 4.23. The maximum Gasteiger partial charge on any atom is 0.147 e. The van der Waals surface area contributed by atoms with Crippen LogP contribution in [0.4, 0.5) is 10.1 Å². The fourth-order valence-electron chi connectivity index (χ4n) is 2.62. The Morgan fingerprint density at radius 2 is 2.00 bits per heavy atom. The van der Waals surface area contributed by atoms with Gasteiger partial charge < -0.3 is 10.6 Å². The van der Waals surface area contributed by atoms with Crippen LogP contribution in [-0.2, 0) is 6.54 Å². The van der Waals surface area contributed by atoms with Crippen molar-refractivity contribution < 1.29 is 4.39 Å². The van der Waals surface area contributed by atoms with Crippen LogP contribution in [0.2, 0.25) is 0 Å². The maximum absolute atomic E-state index is 14.0. The molecule has 1 aliphatic rings. The first kappa shape index (κ1) is 13.6. The Kier molecular flexibility index (Phi) is 4.03. The molecule has 1 atom stereocenters. The molecule has 0 fully saturated rings. The van der Waals surface area contributed by atoms with Crippen molar-refractivity contribution in [1.29, 1.82) is 0 Å². The summed E-state index contributed by atoms with van der Waals surface area (Å²) in [5, 5.41) is 6.75. The normalized spacial score (nSPS) is 18.2. The van der Waals surface area contributed by atoms with Crippen LogP contribution in [0.25, 0.3) is 0 Å². The van der Waals surface area contributed by atoms with E-state index in [1.165, 1.54) is 17.2 Å². The lowest BCUT2D eigenvalue weighted by atomic mass is 9.99. The van der Waals surface area contributed by atoms with E-state index in [4.69, 9.17) is 0 Å². The van der Waals surface area contributed by atoms with Crippen LogP contribution in [0.15, 0.2) is 46.9 Å². The number of para-hydroxylation sites is 1. The summed E-state index contributed by atoms with van der Waals surface area (Å²) in [6, 6.07) is 13.5. The van der Waals surface area contributed by atoms with Gasteiger partial charge in [-0.25, -0.2) is 4.39 Å². The molecule has 20 heavy (non-hydrogen) atoms. The minimum absolute atomic E-state index is 0.120. The molecule has 3 rings (SSSR count). The van der Waals surface area contributed by atoms with Crippen molar-refractivity contribution in [2.45, 2.75) is 19.0 Å². The van der Waals surface area contributed by atoms with Crippen LogP contribution in [0.1, 0.15) is 23.6 Å². The minimum Gasteiger partial charge on any atom is -0.375 e. The van der Waals surface area contributed by atoms with Crippen LogP contribution >= 0.6 is 15.9 Å². The Labute approximate surface area is 126 Å². The maximum atomic E-state index is 14.0. The summed E-state index contributed by atoms with van der Waals surface area (Å²) in [5.74, 6) is -0.228. The number of nitrogens with one attached hydrogen (secondary N) is 2. The third kappa shape index (κ3) is 2.72. The van der Waals surface area contributed by atoms with Gasteiger partial charge >= 0.3 is 0 Å². The quantitative estimate of drug-likeness (QED) is 0.858. The molecule has 2 aromatic rings. The molecular weight excluding hydrogens is 319 g/mol. The first-order chi connectivity index (χ1) is 9.75. The van der Waals surface area contributed by atoms with Crippen LogP contribution < -0.4 is 10.6 Å². The van der Waals surface area contributed by atoms with Crippen molar-refractivity contribution in [2.24, 2.45) is 0 Å². The van der Waals surface area contributed by atoms with Crippen molar-refractivity contribution in [3.05, 3.63) is 63.9 Å². The number of benzene rings is 2. The molecule has 0 saturated carbocycles. The standard InChI is InChI=1S/C16H16BrFN2/c17-13-6-3-7-14(18)16(13)20-15-8-9-19-10-11-4-1-2-5-12(11)15/h1-7,15,19-20H,8-10H2. The van der Waals surface area contributed by atoms with Crippen molar-refractivity contribution in [1.82, 2.24) is 5.32 Å². The number of anilines is 1. The topological polar surface area (TPSA) is 24.1 Å². The van der Waals surface area contributed by atoms with Crippen molar-refractivity contribution >= 4 is 21.6 Å². The predicted molar refractivity (Wildman–Crippen MR) is 83.2 cm³/mol. The third-order valence-corrected chi connectivity index (χ3v) is 4.30. The minimum atomic E-state index is -0.228. The second-order valence-corrected chi connectivity index (χ2v) is 5.81. The first-order valence-electron chi connectivity index (χ1n) is 6.75. The summed E-state index contributed by atoms with van der Waals surface area (Å²) in [4.78, 5) is 0. The number of hydrogen-bond acceptors (Lipinski definition) is 2. The fraction of sp³-hybridized carbons (Fsp3) is 0.250. The Balaban J connectivity index is 1.94. The van der Waals surface area contributed by atoms with E-state index in [2.05, 4.69) is 38.7 Å². The molecule has 0 saturated heterocycles. The zero-order chi connectivity index (χ0) is 13.9. The monoisotopic (exact) mass is 334 g/mol. The van der Waals surface area contributed by atoms with Gasteiger partial charge in [0.05, 0.1) is 11.7 Å². The Morgan fingerprint density at radius 1 is 1.15 bits per heavy atom. The molecule has 2 N–H and O–H groups in total. The van der Waals surface area contributed by atoms with Gasteiger partial charge in [-0.15, -0.1) is 0 Å². The van der Waals surface area contributed by atoms with Crippen molar-refractivity contribution in [2.75, 3.05) is 11.9 Å². The smallest absolute Gasteiger partial charge is 0.147 e. The average molecular weight is 335 g/mol. The SMILES string of the molecule is Fc1cccc(Br)c1NC1CCNCc2ccccc21. The molecule has 0 spiro atoms. The summed E-state index contributed by atoms with van der Waals surface area (Å²) < 4.78 is 14.7. The molecule has 0 radical (unpaired) electrons. The summed E-state index contributed by atoms with van der Waals surface area (Å²) >= 11 is 3.42. The molecule has 104 valence electrons. The Morgan fingerprint density at radius 3 is 2.85 bits per heavy atom. The van der Waals surface area contributed by atoms with Crippen LogP contribution in [0.5, 0.6) is 0 Å². The van der Waals surface area contributed by atoms with Crippen molar-refractivity contribution in [3.8, 4) is 0 Å². The molecule has 0 aromatic heterocycles. The first-order valence-corrected chi connectivity index (χ1v) is 7.54. The lowest BCUT2D eigenvalue weighted by molar-refractivity contribution is 0.611. The molecule has 4 heteroatoms. The average Bonchev–Trinajstić information content (AvgIpc) is 2.66. The van der Waals surface area contributed by atoms with E-state index in [0.717, 1.165) is 24.0 Å². The van der Waals surface area contributed by atoms with Gasteiger partial charge in [0.1, 0.15) is 5.82 Å². The Hall–Kier alpha value is -1.39. The van der Waals surface area contributed by atoms with Gasteiger partial charge in [0, 0.05) is 11.0 Å². The van der Waals surface area contributed by atoms with Gasteiger partial charge in [0.25, 0.3) is 0 Å². The fourth-order valence-corrected chi connectivity index (χ4v) is 3.08. The van der Waals surface area contributed by atoms with E-state index >= 15 is 0 Å². The molecule has 1 heterocycles. The van der Waals surface area contributed by atoms with E-state index in [-0.39, 0.29) is 11.9 Å². The number of halogens is 2. The van der Waals surface area contributed by atoms with Crippen molar-refractivity contribution in [3.63, 3.8) is 0 Å². The number of rotatable bonds is 2. The lowest BCUT2D eigenvalue weighted by Crippen LogP contribution is -2.16. The third-order valence-electron chi connectivity index (χ3n) is 3.64. The lowest BCUT2D eigenvalue weighted by Gasteiger charge is -2.21. The van der Waals surface area contributed by atoms with Crippen LogP contribution in [0.3, 0.4) is 0 Å². The highest BCUT2D eigenvalue weighted by Gasteiger charge is 2.19. The number of hydrogen-bond donors (Lipinski definition) is 2. The number of fused-ring (bicyclic) bond motifs is 1. The molecule has 2 aromatic carbocycles. The molecule has 1 aliphatic heterocycles. The van der Waals surface area contributed by atoms with Gasteiger partial charge in [-0.1, -0.05) is 30.3 Å². The highest BCUT2D eigenvalue weighted by atomic mass is 79.9. The van der Waals surface area contributed by atoms with Gasteiger partial charge in [-0.05, 0) is 52.2 Å². The van der Waals surface area contributed by atoms with Gasteiger partial charge in [-0.2, -0.15) is 0 Å². The summed E-state index contributed by atoms with van der Waals surface area (Å²) in [6.07, 6.45) is 0.928.